The van der Waals surface area contributed by atoms with Gasteiger partial charge in [-0.05, 0) is 47.9 Å². The van der Waals surface area contributed by atoms with E-state index in [0.29, 0.717) is 18.1 Å². The lowest BCUT2D eigenvalue weighted by Gasteiger charge is -2.31. The molecular formula is C22H22ClN3O. The summed E-state index contributed by atoms with van der Waals surface area (Å²) < 4.78 is 2.17. The maximum absolute atomic E-state index is 13.1. The highest BCUT2D eigenvalue weighted by Crippen LogP contribution is 2.37. The number of benzene rings is 2. The Morgan fingerprint density at radius 1 is 1.15 bits per heavy atom. The number of hydrogen-bond donors (Lipinski definition) is 1. The normalized spacial score (nSPS) is 15.6. The molecule has 0 spiro atoms. The Morgan fingerprint density at radius 2 is 2.00 bits per heavy atom. The van der Waals surface area contributed by atoms with Gasteiger partial charge in [-0.25, -0.2) is 4.79 Å². The van der Waals surface area contributed by atoms with E-state index < -0.39 is 0 Å². The first-order valence-corrected chi connectivity index (χ1v) is 9.62. The summed E-state index contributed by atoms with van der Waals surface area (Å²) in [6.07, 6.45) is 2.95. The van der Waals surface area contributed by atoms with Crippen LogP contribution >= 0.6 is 11.6 Å². The Kier molecular flexibility index (Phi) is 4.90. The standard InChI is InChI=1S/C22H22ClN3O/c1-2-12-24-22(27)26-15-17-7-3-4-10-19(17)25-13-6-11-20(25)21(26)16-8-5-9-18(23)14-16/h3-11,13-14,21H,2,12,15H2,1H3,(H,24,27). The molecule has 1 atom stereocenters. The summed E-state index contributed by atoms with van der Waals surface area (Å²) in [7, 11) is 0. The number of carbonyl (C=O) groups excluding carboxylic acids is 1. The van der Waals surface area contributed by atoms with Gasteiger partial charge in [-0.1, -0.05) is 48.9 Å². The second-order valence-corrected chi connectivity index (χ2v) is 7.19. The minimum absolute atomic E-state index is 0.0636. The second kappa shape index (κ2) is 7.49. The van der Waals surface area contributed by atoms with Crippen LogP contribution in [0, 0.1) is 0 Å². The number of carbonyl (C=O) groups is 1. The Balaban J connectivity index is 1.88. The van der Waals surface area contributed by atoms with E-state index in [9.17, 15) is 4.79 Å². The average Bonchev–Trinajstić information content (AvgIpc) is 3.10. The summed E-state index contributed by atoms with van der Waals surface area (Å²) >= 11 is 6.28. The van der Waals surface area contributed by atoms with Gasteiger partial charge >= 0.3 is 6.03 Å². The molecule has 0 saturated heterocycles. The van der Waals surface area contributed by atoms with Crippen LogP contribution < -0.4 is 5.32 Å². The SMILES string of the molecule is CCCNC(=O)N1Cc2ccccc2-n2cccc2C1c1cccc(Cl)c1. The molecule has 1 N–H and O–H groups in total. The molecule has 1 unspecified atom stereocenters. The number of amides is 2. The lowest BCUT2D eigenvalue weighted by Crippen LogP contribution is -2.42. The molecule has 2 heterocycles. The maximum atomic E-state index is 13.1. The zero-order chi connectivity index (χ0) is 18.8. The fourth-order valence-electron chi connectivity index (χ4n) is 3.70. The third kappa shape index (κ3) is 3.33. The third-order valence-electron chi connectivity index (χ3n) is 4.92. The van der Waals surface area contributed by atoms with E-state index in [2.05, 4.69) is 41.2 Å². The van der Waals surface area contributed by atoms with E-state index in [0.717, 1.165) is 28.9 Å². The number of aromatic nitrogens is 1. The van der Waals surface area contributed by atoms with Crippen molar-refractivity contribution in [2.75, 3.05) is 6.54 Å². The van der Waals surface area contributed by atoms with Crippen molar-refractivity contribution in [1.82, 2.24) is 14.8 Å². The van der Waals surface area contributed by atoms with Gasteiger partial charge in [-0.2, -0.15) is 0 Å². The van der Waals surface area contributed by atoms with Gasteiger partial charge in [0, 0.05) is 23.5 Å². The zero-order valence-electron chi connectivity index (χ0n) is 15.2. The molecule has 3 aromatic rings. The van der Waals surface area contributed by atoms with Crippen LogP contribution in [0.3, 0.4) is 0 Å². The molecule has 0 radical (unpaired) electrons. The van der Waals surface area contributed by atoms with Gasteiger partial charge in [0.15, 0.2) is 0 Å². The summed E-state index contributed by atoms with van der Waals surface area (Å²) in [6.45, 7) is 3.24. The molecular weight excluding hydrogens is 358 g/mol. The Morgan fingerprint density at radius 3 is 2.81 bits per heavy atom. The van der Waals surface area contributed by atoms with E-state index in [1.807, 2.05) is 47.4 Å². The average molecular weight is 380 g/mol. The fourth-order valence-corrected chi connectivity index (χ4v) is 3.90. The molecule has 4 nitrogen and oxygen atoms in total. The molecule has 1 aromatic heterocycles. The summed E-state index contributed by atoms with van der Waals surface area (Å²) in [4.78, 5) is 15.0. The first kappa shape index (κ1) is 17.7. The van der Waals surface area contributed by atoms with Crippen molar-refractivity contribution in [3.8, 4) is 5.69 Å². The van der Waals surface area contributed by atoms with Gasteiger partial charge in [-0.3, -0.25) is 0 Å². The van der Waals surface area contributed by atoms with Crippen molar-refractivity contribution in [2.24, 2.45) is 0 Å². The van der Waals surface area contributed by atoms with Crippen molar-refractivity contribution < 1.29 is 4.79 Å². The summed E-state index contributed by atoms with van der Waals surface area (Å²) in [5, 5.41) is 3.71. The molecule has 1 aliphatic heterocycles. The number of nitrogens with zero attached hydrogens (tertiary/aromatic N) is 2. The van der Waals surface area contributed by atoms with Crippen LogP contribution in [-0.4, -0.2) is 22.0 Å². The van der Waals surface area contributed by atoms with Gasteiger partial charge in [0.1, 0.15) is 0 Å². The highest BCUT2D eigenvalue weighted by molar-refractivity contribution is 6.30. The summed E-state index contributed by atoms with van der Waals surface area (Å²) in [5.41, 5.74) is 4.28. The van der Waals surface area contributed by atoms with Gasteiger partial charge in [0.05, 0.1) is 18.3 Å². The highest BCUT2D eigenvalue weighted by atomic mass is 35.5. The molecule has 0 aliphatic carbocycles. The van der Waals surface area contributed by atoms with Crippen LogP contribution in [-0.2, 0) is 6.54 Å². The fraction of sp³-hybridized carbons (Fsp3) is 0.227. The predicted molar refractivity (Wildman–Crippen MR) is 108 cm³/mol. The third-order valence-corrected chi connectivity index (χ3v) is 5.15. The molecule has 0 saturated carbocycles. The monoisotopic (exact) mass is 379 g/mol. The lowest BCUT2D eigenvalue weighted by atomic mass is 10.0. The van der Waals surface area contributed by atoms with Crippen LogP contribution in [0.25, 0.3) is 5.69 Å². The number of halogens is 1. The van der Waals surface area contributed by atoms with Crippen LogP contribution in [0.4, 0.5) is 4.79 Å². The van der Waals surface area contributed by atoms with E-state index in [4.69, 9.17) is 11.6 Å². The van der Waals surface area contributed by atoms with Crippen molar-refractivity contribution in [1.29, 1.82) is 0 Å². The lowest BCUT2D eigenvalue weighted by molar-refractivity contribution is 0.180. The molecule has 5 heteroatoms. The molecule has 4 rings (SSSR count). The van der Waals surface area contributed by atoms with Crippen molar-refractivity contribution in [3.05, 3.63) is 88.7 Å². The van der Waals surface area contributed by atoms with Crippen molar-refractivity contribution in [2.45, 2.75) is 25.9 Å². The summed E-state index contributed by atoms with van der Waals surface area (Å²) in [6, 6.07) is 19.8. The molecule has 0 fully saturated rings. The van der Waals surface area contributed by atoms with Gasteiger partial charge in [-0.15, -0.1) is 0 Å². The first-order chi connectivity index (χ1) is 13.2. The minimum atomic E-state index is -0.219. The smallest absolute Gasteiger partial charge is 0.318 e. The largest absolute Gasteiger partial charge is 0.338 e. The van der Waals surface area contributed by atoms with E-state index in [1.165, 1.54) is 0 Å². The topological polar surface area (TPSA) is 37.3 Å². The number of nitrogens with one attached hydrogen (secondary N) is 1. The zero-order valence-corrected chi connectivity index (χ0v) is 16.0. The molecule has 0 bridgehead atoms. The Bertz CT molecular complexity index is 965. The Labute approximate surface area is 164 Å². The second-order valence-electron chi connectivity index (χ2n) is 6.75. The molecule has 138 valence electrons. The maximum Gasteiger partial charge on any atom is 0.318 e. The number of fused-ring (bicyclic) bond motifs is 3. The van der Waals surface area contributed by atoms with Crippen molar-refractivity contribution in [3.63, 3.8) is 0 Å². The first-order valence-electron chi connectivity index (χ1n) is 9.24. The molecule has 2 aromatic carbocycles. The van der Waals surface area contributed by atoms with Gasteiger partial charge < -0.3 is 14.8 Å². The number of urea groups is 1. The van der Waals surface area contributed by atoms with Crippen LogP contribution in [0.15, 0.2) is 66.9 Å². The van der Waals surface area contributed by atoms with Gasteiger partial charge in [0.25, 0.3) is 0 Å². The molecule has 1 aliphatic rings. The predicted octanol–water partition coefficient (Wildman–Crippen LogP) is 5.16. The number of para-hydroxylation sites is 1. The quantitative estimate of drug-likeness (QED) is 0.670. The van der Waals surface area contributed by atoms with E-state index >= 15 is 0 Å². The van der Waals surface area contributed by atoms with Gasteiger partial charge in [0.2, 0.25) is 0 Å². The van der Waals surface area contributed by atoms with Crippen LogP contribution in [0.5, 0.6) is 0 Å². The number of hydrogen-bond acceptors (Lipinski definition) is 1. The molecule has 27 heavy (non-hydrogen) atoms. The summed E-state index contributed by atoms with van der Waals surface area (Å²) in [5.74, 6) is 0. The van der Waals surface area contributed by atoms with Crippen LogP contribution in [0.2, 0.25) is 5.02 Å². The van der Waals surface area contributed by atoms with E-state index in [1.54, 1.807) is 0 Å². The minimum Gasteiger partial charge on any atom is -0.338 e. The Hall–Kier alpha value is -2.72. The van der Waals surface area contributed by atoms with Crippen molar-refractivity contribution >= 4 is 17.6 Å². The number of rotatable bonds is 3. The highest BCUT2D eigenvalue weighted by Gasteiger charge is 2.32. The van der Waals surface area contributed by atoms with E-state index in [-0.39, 0.29) is 12.1 Å². The molecule has 2 amide bonds. The van der Waals surface area contributed by atoms with Crippen LogP contribution in [0.1, 0.15) is 36.2 Å².